The molecule has 120 valence electrons. The van der Waals surface area contributed by atoms with Crippen molar-refractivity contribution in [2.45, 2.75) is 19.4 Å². The van der Waals surface area contributed by atoms with Gasteiger partial charge in [-0.1, -0.05) is 0 Å². The monoisotopic (exact) mass is 371 g/mol. The molecule has 8 heteroatoms. The second-order valence-corrected chi connectivity index (χ2v) is 5.74. The molecule has 1 aromatic heterocycles. The number of rotatable bonds is 4. The second-order valence-electron chi connectivity index (χ2n) is 4.92. The van der Waals surface area contributed by atoms with Crippen LogP contribution in [0.15, 0.2) is 22.9 Å². The fourth-order valence-corrected chi connectivity index (χ4v) is 2.72. The fourth-order valence-electron chi connectivity index (χ4n) is 2.48. The average molecular weight is 372 g/mol. The first kappa shape index (κ1) is 16.5. The maximum Gasteiger partial charge on any atom is 0.407 e. The molecular formula is C14H18BrN3O4. The van der Waals surface area contributed by atoms with E-state index in [-0.39, 0.29) is 12.4 Å². The van der Waals surface area contributed by atoms with Crippen LogP contribution in [0.5, 0.6) is 0 Å². The number of carbonyl (C=O) groups excluding carboxylic acids is 1. The molecule has 1 fully saturated rings. The van der Waals surface area contributed by atoms with Gasteiger partial charge < -0.3 is 19.6 Å². The third-order valence-electron chi connectivity index (χ3n) is 3.51. The molecular weight excluding hydrogens is 354 g/mol. The standard InChI is InChI=1S/C14H18BrN3O4/c1-2-22-13(19)7-11-9-17(5-6-18(11)14(20)21)10-3-4-12(15)16-8-10/h3-4,8,11H,2,5-7,9H2,1H3,(H,20,21). The highest BCUT2D eigenvalue weighted by Gasteiger charge is 2.32. The largest absolute Gasteiger partial charge is 0.466 e. The fraction of sp³-hybridized carbons (Fsp3) is 0.500. The van der Waals surface area contributed by atoms with Gasteiger partial charge in [-0.05, 0) is 35.0 Å². The smallest absolute Gasteiger partial charge is 0.407 e. The zero-order valence-electron chi connectivity index (χ0n) is 12.2. The van der Waals surface area contributed by atoms with E-state index in [2.05, 4.69) is 20.9 Å². The van der Waals surface area contributed by atoms with Crippen molar-refractivity contribution in [3.05, 3.63) is 22.9 Å². The summed E-state index contributed by atoms with van der Waals surface area (Å²) >= 11 is 3.28. The Labute approximate surface area is 137 Å². The van der Waals surface area contributed by atoms with Gasteiger partial charge in [-0.3, -0.25) is 4.79 Å². The summed E-state index contributed by atoms with van der Waals surface area (Å²) in [6, 6.07) is 3.32. The number of pyridine rings is 1. The molecule has 0 aliphatic carbocycles. The van der Waals surface area contributed by atoms with Crippen molar-refractivity contribution in [2.24, 2.45) is 0 Å². The van der Waals surface area contributed by atoms with Crippen LogP contribution in [0, 0.1) is 0 Å². The molecule has 0 saturated carbocycles. The number of hydrogen-bond acceptors (Lipinski definition) is 5. The summed E-state index contributed by atoms with van der Waals surface area (Å²) in [6.07, 6.45) is 0.769. The molecule has 1 unspecified atom stereocenters. The van der Waals surface area contributed by atoms with Gasteiger partial charge in [-0.2, -0.15) is 0 Å². The molecule has 1 atom stereocenters. The molecule has 0 aromatic carbocycles. The Hall–Kier alpha value is -1.83. The lowest BCUT2D eigenvalue weighted by Crippen LogP contribution is -2.55. The van der Waals surface area contributed by atoms with Gasteiger partial charge in [0.2, 0.25) is 0 Å². The SMILES string of the molecule is CCOC(=O)CC1CN(c2ccc(Br)nc2)CCN1C(=O)O. The van der Waals surface area contributed by atoms with E-state index in [1.807, 2.05) is 17.0 Å². The number of piperazine rings is 1. The summed E-state index contributed by atoms with van der Waals surface area (Å²) in [5.41, 5.74) is 0.905. The average Bonchev–Trinajstić information content (AvgIpc) is 2.48. The highest BCUT2D eigenvalue weighted by Crippen LogP contribution is 2.21. The van der Waals surface area contributed by atoms with Crippen molar-refractivity contribution in [1.82, 2.24) is 9.88 Å². The van der Waals surface area contributed by atoms with Gasteiger partial charge in [0.1, 0.15) is 4.60 Å². The molecule has 2 heterocycles. The van der Waals surface area contributed by atoms with Crippen molar-refractivity contribution in [1.29, 1.82) is 0 Å². The first-order valence-corrected chi connectivity index (χ1v) is 7.82. The van der Waals surface area contributed by atoms with E-state index in [1.165, 1.54) is 4.90 Å². The molecule has 22 heavy (non-hydrogen) atoms. The molecule has 7 nitrogen and oxygen atoms in total. The summed E-state index contributed by atoms with van der Waals surface area (Å²) in [6.45, 7) is 3.37. The minimum Gasteiger partial charge on any atom is -0.466 e. The highest BCUT2D eigenvalue weighted by molar-refractivity contribution is 9.10. The predicted molar refractivity (Wildman–Crippen MR) is 83.9 cm³/mol. The zero-order chi connectivity index (χ0) is 16.1. The minimum atomic E-state index is -1.01. The number of carbonyl (C=O) groups is 2. The van der Waals surface area contributed by atoms with Gasteiger partial charge in [0.05, 0.1) is 31.0 Å². The van der Waals surface area contributed by atoms with Crippen LogP contribution >= 0.6 is 15.9 Å². The third kappa shape index (κ3) is 4.09. The number of aromatic nitrogens is 1. The quantitative estimate of drug-likeness (QED) is 0.643. The van der Waals surface area contributed by atoms with Gasteiger partial charge in [0, 0.05) is 19.6 Å². The lowest BCUT2D eigenvalue weighted by molar-refractivity contribution is -0.144. The summed E-state index contributed by atoms with van der Waals surface area (Å²) in [5.74, 6) is -0.380. The van der Waals surface area contributed by atoms with Crippen molar-refractivity contribution in [3.8, 4) is 0 Å². The number of hydrogen-bond donors (Lipinski definition) is 1. The van der Waals surface area contributed by atoms with Gasteiger partial charge in [-0.15, -0.1) is 0 Å². The van der Waals surface area contributed by atoms with Gasteiger partial charge in [0.15, 0.2) is 0 Å². The minimum absolute atomic E-state index is 0.0561. The molecule has 0 bridgehead atoms. The summed E-state index contributed by atoms with van der Waals surface area (Å²) in [5, 5.41) is 9.28. The number of halogens is 1. The molecule has 1 N–H and O–H groups in total. The van der Waals surface area contributed by atoms with Crippen LogP contribution in [0.3, 0.4) is 0 Å². The van der Waals surface area contributed by atoms with E-state index in [1.54, 1.807) is 13.1 Å². The van der Waals surface area contributed by atoms with E-state index in [9.17, 15) is 14.7 Å². The molecule has 1 aliphatic rings. The van der Waals surface area contributed by atoms with Crippen molar-refractivity contribution in [3.63, 3.8) is 0 Å². The van der Waals surface area contributed by atoms with Crippen LogP contribution in [0.1, 0.15) is 13.3 Å². The van der Waals surface area contributed by atoms with Crippen molar-refractivity contribution in [2.75, 3.05) is 31.1 Å². The van der Waals surface area contributed by atoms with Crippen LogP contribution < -0.4 is 4.90 Å². The molecule has 1 saturated heterocycles. The number of ether oxygens (including phenoxy) is 1. The van der Waals surface area contributed by atoms with Gasteiger partial charge in [0.25, 0.3) is 0 Å². The lowest BCUT2D eigenvalue weighted by Gasteiger charge is -2.40. The van der Waals surface area contributed by atoms with E-state index in [0.29, 0.717) is 26.2 Å². The maximum absolute atomic E-state index is 11.7. The van der Waals surface area contributed by atoms with Crippen molar-refractivity contribution < 1.29 is 19.4 Å². The first-order valence-electron chi connectivity index (χ1n) is 7.03. The molecule has 1 aliphatic heterocycles. The van der Waals surface area contributed by atoms with E-state index in [4.69, 9.17) is 4.74 Å². The Morgan fingerprint density at radius 1 is 1.45 bits per heavy atom. The van der Waals surface area contributed by atoms with Gasteiger partial charge in [-0.25, -0.2) is 9.78 Å². The Bertz CT molecular complexity index is 537. The number of carboxylic acid groups (broad SMARTS) is 1. The van der Waals surface area contributed by atoms with Crippen LogP contribution in [0.25, 0.3) is 0 Å². The Morgan fingerprint density at radius 2 is 2.23 bits per heavy atom. The van der Waals surface area contributed by atoms with Crippen molar-refractivity contribution >= 4 is 33.7 Å². The number of esters is 1. The van der Waals surface area contributed by atoms with Gasteiger partial charge >= 0.3 is 12.1 Å². The second kappa shape index (κ2) is 7.44. The molecule has 0 spiro atoms. The number of nitrogens with zero attached hydrogens (tertiary/aromatic N) is 3. The zero-order valence-corrected chi connectivity index (χ0v) is 13.8. The summed E-state index contributed by atoms with van der Waals surface area (Å²) < 4.78 is 5.67. The van der Waals surface area contributed by atoms with E-state index < -0.39 is 12.1 Å². The van der Waals surface area contributed by atoms with Crippen LogP contribution in [0.4, 0.5) is 10.5 Å². The molecule has 1 aromatic rings. The number of amides is 1. The normalized spacial score (nSPS) is 18.2. The lowest BCUT2D eigenvalue weighted by atomic mass is 10.1. The predicted octanol–water partition coefficient (Wildman–Crippen LogP) is 1.97. The van der Waals surface area contributed by atoms with Crippen LogP contribution in [-0.4, -0.2) is 59.3 Å². The topological polar surface area (TPSA) is 83.0 Å². The Balaban J connectivity index is 2.09. The molecule has 2 rings (SSSR count). The van der Waals surface area contributed by atoms with Crippen LogP contribution in [-0.2, 0) is 9.53 Å². The molecule has 0 radical (unpaired) electrons. The van der Waals surface area contributed by atoms with E-state index in [0.717, 1.165) is 10.3 Å². The Morgan fingerprint density at radius 3 is 2.82 bits per heavy atom. The Kier molecular flexibility index (Phi) is 5.59. The molecule has 1 amide bonds. The summed E-state index contributed by atoms with van der Waals surface area (Å²) in [4.78, 5) is 30.5. The first-order chi connectivity index (χ1) is 10.5. The maximum atomic E-state index is 11.7. The third-order valence-corrected chi connectivity index (χ3v) is 3.98. The highest BCUT2D eigenvalue weighted by atomic mass is 79.9. The number of anilines is 1. The van der Waals surface area contributed by atoms with E-state index >= 15 is 0 Å². The summed E-state index contributed by atoms with van der Waals surface area (Å²) in [7, 11) is 0. The van der Waals surface area contributed by atoms with Crippen LogP contribution in [0.2, 0.25) is 0 Å².